The van der Waals surface area contributed by atoms with Crippen LogP contribution in [0.3, 0.4) is 0 Å². The van der Waals surface area contributed by atoms with E-state index in [-0.39, 0.29) is 11.9 Å². The number of nitrogens with zero attached hydrogens (tertiary/aromatic N) is 1. The summed E-state index contributed by atoms with van der Waals surface area (Å²) in [6, 6.07) is 8.35. The molecule has 2 aliphatic heterocycles. The number of hydrogen-bond donors (Lipinski definition) is 0. The Hall–Kier alpha value is -2.01. The van der Waals surface area contributed by atoms with Gasteiger partial charge in [-0.05, 0) is 59.3 Å². The van der Waals surface area contributed by atoms with Gasteiger partial charge in [0.05, 0.1) is 6.04 Å². The highest BCUT2D eigenvalue weighted by atomic mass is 32.1. The van der Waals surface area contributed by atoms with Gasteiger partial charge >= 0.3 is 0 Å². The molecule has 0 unspecified atom stereocenters. The molecule has 4 rings (SSSR count). The fourth-order valence-corrected chi connectivity index (χ4v) is 4.21. The second-order valence-electron chi connectivity index (χ2n) is 6.28. The minimum Gasteiger partial charge on any atom is -0.486 e. The number of aryl methyl sites for hydroxylation is 1. The number of ether oxygens (including phenoxy) is 2. The summed E-state index contributed by atoms with van der Waals surface area (Å²) in [6.45, 7) is 2.04. The van der Waals surface area contributed by atoms with Crippen LogP contribution in [0.25, 0.3) is 0 Å². The van der Waals surface area contributed by atoms with Crippen molar-refractivity contribution in [1.29, 1.82) is 0 Å². The van der Waals surface area contributed by atoms with E-state index in [1.54, 1.807) is 11.3 Å². The quantitative estimate of drug-likeness (QED) is 0.847. The molecule has 1 saturated heterocycles. The molecule has 1 aromatic heterocycles. The summed E-state index contributed by atoms with van der Waals surface area (Å²) in [5, 5.41) is 4.18. The van der Waals surface area contributed by atoms with Crippen molar-refractivity contribution >= 4 is 17.2 Å². The molecule has 0 radical (unpaired) electrons. The lowest BCUT2D eigenvalue weighted by atomic mass is 10.0. The number of hydrogen-bond acceptors (Lipinski definition) is 4. The summed E-state index contributed by atoms with van der Waals surface area (Å²) in [4.78, 5) is 14.7. The van der Waals surface area contributed by atoms with Crippen LogP contribution in [0.15, 0.2) is 35.0 Å². The minimum atomic E-state index is 0.163. The van der Waals surface area contributed by atoms with Gasteiger partial charge in [-0.25, -0.2) is 0 Å². The highest BCUT2D eigenvalue weighted by Gasteiger charge is 2.30. The summed E-state index contributed by atoms with van der Waals surface area (Å²) in [6.07, 6.45) is 3.48. The Bertz CT molecular complexity index is 713. The van der Waals surface area contributed by atoms with Crippen molar-refractivity contribution in [3.05, 3.63) is 46.2 Å². The monoisotopic (exact) mass is 343 g/mol. The van der Waals surface area contributed by atoms with E-state index in [2.05, 4.69) is 22.9 Å². The molecule has 1 amide bonds. The Balaban J connectivity index is 1.47. The van der Waals surface area contributed by atoms with Crippen LogP contribution in [0.5, 0.6) is 11.5 Å². The fraction of sp³-hybridized carbons (Fsp3) is 0.421. The summed E-state index contributed by atoms with van der Waals surface area (Å²) in [7, 11) is 0. The molecule has 2 aliphatic rings. The summed E-state index contributed by atoms with van der Waals surface area (Å²) < 4.78 is 11.3. The van der Waals surface area contributed by atoms with Crippen molar-refractivity contribution in [3.8, 4) is 11.5 Å². The predicted molar refractivity (Wildman–Crippen MR) is 93.8 cm³/mol. The zero-order chi connectivity index (χ0) is 16.4. The lowest BCUT2D eigenvalue weighted by Crippen LogP contribution is -2.30. The first kappa shape index (κ1) is 15.5. The molecule has 1 aromatic carbocycles. The van der Waals surface area contributed by atoms with Gasteiger partial charge in [0.25, 0.3) is 0 Å². The number of carbonyl (C=O) groups is 1. The molecule has 0 bridgehead atoms. The molecular weight excluding hydrogens is 322 g/mol. The molecule has 0 aliphatic carbocycles. The largest absolute Gasteiger partial charge is 0.486 e. The van der Waals surface area contributed by atoms with E-state index < -0.39 is 0 Å². The Labute approximate surface area is 146 Å². The third kappa shape index (κ3) is 3.13. The number of rotatable bonds is 4. The van der Waals surface area contributed by atoms with Crippen LogP contribution in [0, 0.1) is 0 Å². The van der Waals surface area contributed by atoms with Gasteiger partial charge in [0.15, 0.2) is 11.5 Å². The first-order valence-corrected chi connectivity index (χ1v) is 9.45. The Kier molecular flexibility index (Phi) is 4.43. The number of carbonyl (C=O) groups excluding carboxylic acids is 1. The number of thiophene rings is 1. The lowest BCUT2D eigenvalue weighted by Gasteiger charge is -2.27. The van der Waals surface area contributed by atoms with Gasteiger partial charge in [0, 0.05) is 13.0 Å². The van der Waals surface area contributed by atoms with Crippen molar-refractivity contribution in [2.75, 3.05) is 19.8 Å². The maximum Gasteiger partial charge on any atom is 0.223 e. The molecule has 126 valence electrons. The van der Waals surface area contributed by atoms with E-state index >= 15 is 0 Å². The summed E-state index contributed by atoms with van der Waals surface area (Å²) in [5.74, 6) is 1.85. The van der Waals surface area contributed by atoms with Gasteiger partial charge in [-0.1, -0.05) is 6.07 Å². The molecule has 4 nitrogen and oxygen atoms in total. The average molecular weight is 343 g/mol. The maximum atomic E-state index is 12.7. The van der Waals surface area contributed by atoms with E-state index in [1.165, 1.54) is 5.56 Å². The molecule has 2 aromatic rings. The van der Waals surface area contributed by atoms with E-state index in [1.807, 2.05) is 17.0 Å². The Morgan fingerprint density at radius 3 is 2.92 bits per heavy atom. The molecule has 3 heterocycles. The summed E-state index contributed by atoms with van der Waals surface area (Å²) >= 11 is 1.68. The van der Waals surface area contributed by atoms with Gasteiger partial charge in [-0.3, -0.25) is 4.79 Å². The van der Waals surface area contributed by atoms with Crippen molar-refractivity contribution in [2.24, 2.45) is 0 Å². The highest BCUT2D eigenvalue weighted by molar-refractivity contribution is 7.07. The van der Waals surface area contributed by atoms with Gasteiger partial charge in [0.1, 0.15) is 13.2 Å². The zero-order valence-electron chi connectivity index (χ0n) is 13.6. The standard InChI is InChI=1S/C19H21NO3S/c21-19(6-3-14-7-11-24-13-14)20-8-1-2-16(20)15-4-5-17-18(12-15)23-10-9-22-17/h4-5,7,11-13,16H,1-3,6,8-10H2/t16-/m0/s1. The van der Waals surface area contributed by atoms with Crippen molar-refractivity contribution in [3.63, 3.8) is 0 Å². The van der Waals surface area contributed by atoms with E-state index in [4.69, 9.17) is 9.47 Å². The van der Waals surface area contributed by atoms with Crippen LogP contribution in [-0.2, 0) is 11.2 Å². The fourth-order valence-electron chi connectivity index (χ4n) is 3.51. The average Bonchev–Trinajstić information content (AvgIpc) is 3.31. The highest BCUT2D eigenvalue weighted by Crippen LogP contribution is 2.38. The third-order valence-corrected chi connectivity index (χ3v) is 5.46. The number of likely N-dealkylation sites (tertiary alicyclic amines) is 1. The van der Waals surface area contributed by atoms with E-state index in [9.17, 15) is 4.79 Å². The van der Waals surface area contributed by atoms with Crippen LogP contribution >= 0.6 is 11.3 Å². The van der Waals surface area contributed by atoms with Gasteiger partial charge in [-0.2, -0.15) is 11.3 Å². The Morgan fingerprint density at radius 2 is 2.08 bits per heavy atom. The second-order valence-corrected chi connectivity index (χ2v) is 7.06. The first-order chi connectivity index (χ1) is 11.8. The molecular formula is C19H21NO3S. The minimum absolute atomic E-state index is 0.163. The van der Waals surface area contributed by atoms with Gasteiger partial charge < -0.3 is 14.4 Å². The van der Waals surface area contributed by atoms with Crippen LogP contribution in [0.4, 0.5) is 0 Å². The number of amides is 1. The number of benzene rings is 1. The SMILES string of the molecule is O=C(CCc1ccsc1)N1CCC[C@H]1c1ccc2c(c1)OCCO2. The van der Waals surface area contributed by atoms with Crippen molar-refractivity contribution in [2.45, 2.75) is 31.7 Å². The molecule has 0 N–H and O–H groups in total. The smallest absolute Gasteiger partial charge is 0.223 e. The molecule has 1 atom stereocenters. The van der Waals surface area contributed by atoms with Crippen LogP contribution in [0.1, 0.15) is 36.4 Å². The Morgan fingerprint density at radius 1 is 1.21 bits per heavy atom. The lowest BCUT2D eigenvalue weighted by molar-refractivity contribution is -0.132. The number of fused-ring (bicyclic) bond motifs is 1. The van der Waals surface area contributed by atoms with Gasteiger partial charge in [0.2, 0.25) is 5.91 Å². The van der Waals surface area contributed by atoms with Gasteiger partial charge in [-0.15, -0.1) is 0 Å². The third-order valence-electron chi connectivity index (χ3n) is 4.73. The molecule has 5 heteroatoms. The van der Waals surface area contributed by atoms with E-state index in [0.717, 1.165) is 42.9 Å². The molecule has 24 heavy (non-hydrogen) atoms. The zero-order valence-corrected chi connectivity index (χ0v) is 14.4. The van der Waals surface area contributed by atoms with Crippen molar-refractivity contribution < 1.29 is 14.3 Å². The topological polar surface area (TPSA) is 38.8 Å². The first-order valence-electron chi connectivity index (χ1n) is 8.51. The van der Waals surface area contributed by atoms with Crippen LogP contribution in [-0.4, -0.2) is 30.6 Å². The molecule has 0 spiro atoms. The van der Waals surface area contributed by atoms with Crippen LogP contribution in [0.2, 0.25) is 0 Å². The molecule has 1 fully saturated rings. The summed E-state index contributed by atoms with van der Waals surface area (Å²) in [5.41, 5.74) is 2.41. The maximum absolute atomic E-state index is 12.7. The molecule has 0 saturated carbocycles. The van der Waals surface area contributed by atoms with E-state index in [0.29, 0.717) is 19.6 Å². The predicted octanol–water partition coefficient (Wildman–Crippen LogP) is 3.82. The van der Waals surface area contributed by atoms with Crippen molar-refractivity contribution in [1.82, 2.24) is 4.90 Å². The normalized spacial score (nSPS) is 19.5. The van der Waals surface area contributed by atoms with Crippen LogP contribution < -0.4 is 9.47 Å². The second kappa shape index (κ2) is 6.85.